The summed E-state index contributed by atoms with van der Waals surface area (Å²) in [6, 6.07) is 13.9. The molecule has 4 atom stereocenters. The van der Waals surface area contributed by atoms with E-state index in [0.29, 0.717) is 5.56 Å². The first-order valence-electron chi connectivity index (χ1n) is 15.7. The maximum atomic E-state index is 14.2. The first-order chi connectivity index (χ1) is 22.7. The molecule has 1 aliphatic heterocycles. The molecule has 4 N–H and O–H groups in total. The largest absolute Gasteiger partial charge is 0.508 e. The number of carbonyl (C=O) groups is 2. The van der Waals surface area contributed by atoms with E-state index in [2.05, 4.69) is 10.6 Å². The molecule has 3 aromatic rings. The summed E-state index contributed by atoms with van der Waals surface area (Å²) < 4.78 is 28.6. The molecule has 13 nitrogen and oxygen atoms in total. The van der Waals surface area contributed by atoms with E-state index in [1.165, 1.54) is 39.5 Å². The summed E-state index contributed by atoms with van der Waals surface area (Å²) >= 11 is 0.964. The van der Waals surface area contributed by atoms with Crippen LogP contribution in [-0.2, 0) is 27.8 Å². The number of aliphatic hydroxyl groups is 1. The van der Waals surface area contributed by atoms with Gasteiger partial charge in [0.15, 0.2) is 0 Å². The normalized spacial score (nSPS) is 17.0. The Morgan fingerprint density at radius 1 is 1.10 bits per heavy atom. The Bertz CT molecular complexity index is 1660. The van der Waals surface area contributed by atoms with Gasteiger partial charge in [-0.1, -0.05) is 69.4 Å². The lowest BCUT2D eigenvalue weighted by Gasteiger charge is -2.35. The molecule has 48 heavy (non-hydrogen) atoms. The molecule has 1 unspecified atom stereocenters. The number of benzene rings is 2. The lowest BCUT2D eigenvalue weighted by molar-refractivity contribution is -0.380. The first kappa shape index (κ1) is 36.8. The highest BCUT2D eigenvalue weighted by atomic mass is 32.2. The number of phenolic OH excluding ortho intramolecular Hbond substituents is 1. The van der Waals surface area contributed by atoms with Crippen molar-refractivity contribution in [2.75, 3.05) is 19.6 Å². The molecule has 3 amide bonds. The minimum absolute atomic E-state index is 0.0360. The molecule has 260 valence electrons. The summed E-state index contributed by atoms with van der Waals surface area (Å²) in [4.78, 5) is 39.3. The standard InChI is InChI=1S/C33H43N5O8S2/c1-21(2)17-36(48(45,46)26-12-10-25(39)11-13-26)19-29(40)27(14-23-8-6-5-7-9-23)35-32(41)31(22(3)4)28-16-34-33(42)37(28)18-24-15-30(38(43)44)47-20-24/h5-13,15,20-22,27-29,31,39-40H,14,16-19H2,1-4H3,(H,34,42)(H,35,41)/t27-,28?,29+,31-/m0/s1. The Morgan fingerprint density at radius 2 is 1.77 bits per heavy atom. The zero-order valence-corrected chi connectivity index (χ0v) is 29.0. The van der Waals surface area contributed by atoms with Crippen molar-refractivity contribution >= 4 is 38.3 Å². The average Bonchev–Trinajstić information content (AvgIpc) is 3.64. The van der Waals surface area contributed by atoms with Crippen LogP contribution in [0.1, 0.15) is 38.8 Å². The van der Waals surface area contributed by atoms with Gasteiger partial charge in [-0.3, -0.25) is 14.9 Å². The average molecular weight is 702 g/mol. The Hall–Kier alpha value is -4.05. The number of urea groups is 1. The summed E-state index contributed by atoms with van der Waals surface area (Å²) in [5.74, 6) is -1.55. The van der Waals surface area contributed by atoms with Crippen LogP contribution in [0.3, 0.4) is 0 Å². The highest BCUT2D eigenvalue weighted by Gasteiger charge is 2.42. The van der Waals surface area contributed by atoms with Gasteiger partial charge in [-0.25, -0.2) is 13.2 Å². The molecule has 2 aromatic carbocycles. The molecule has 4 rings (SSSR count). The van der Waals surface area contributed by atoms with E-state index in [0.717, 1.165) is 16.9 Å². The van der Waals surface area contributed by atoms with Gasteiger partial charge in [0, 0.05) is 37.6 Å². The van der Waals surface area contributed by atoms with Gasteiger partial charge in [0.1, 0.15) is 5.75 Å². The number of aromatic hydroxyl groups is 1. The van der Waals surface area contributed by atoms with E-state index < -0.39 is 51.0 Å². The Kier molecular flexibility index (Phi) is 12.2. The highest BCUT2D eigenvalue weighted by molar-refractivity contribution is 7.89. The molecule has 0 bridgehead atoms. The minimum Gasteiger partial charge on any atom is -0.508 e. The van der Waals surface area contributed by atoms with Crippen LogP contribution >= 0.6 is 11.3 Å². The molecule has 2 heterocycles. The third-order valence-corrected chi connectivity index (χ3v) is 11.0. The lowest BCUT2D eigenvalue weighted by atomic mass is 9.86. The number of hydrogen-bond donors (Lipinski definition) is 4. The third-order valence-electron chi connectivity index (χ3n) is 8.26. The fraction of sp³-hybridized carbons (Fsp3) is 0.455. The lowest BCUT2D eigenvalue weighted by Crippen LogP contribution is -2.55. The molecule has 0 spiro atoms. The fourth-order valence-corrected chi connectivity index (χ4v) is 8.28. The second-order valence-electron chi connectivity index (χ2n) is 12.8. The summed E-state index contributed by atoms with van der Waals surface area (Å²) in [6.07, 6.45) is -1.12. The highest BCUT2D eigenvalue weighted by Crippen LogP contribution is 2.29. The zero-order valence-electron chi connectivity index (χ0n) is 27.4. The van der Waals surface area contributed by atoms with Crippen molar-refractivity contribution in [2.45, 2.75) is 63.7 Å². The fourth-order valence-electron chi connectivity index (χ4n) is 5.94. The Morgan fingerprint density at radius 3 is 2.35 bits per heavy atom. The van der Waals surface area contributed by atoms with Crippen LogP contribution in [0.5, 0.6) is 5.75 Å². The molecule has 1 aliphatic rings. The molecular weight excluding hydrogens is 659 g/mol. The Balaban J connectivity index is 1.60. The summed E-state index contributed by atoms with van der Waals surface area (Å²) in [5.41, 5.74) is 1.40. The molecule has 1 fully saturated rings. The number of phenols is 1. The summed E-state index contributed by atoms with van der Waals surface area (Å²) in [7, 11) is -4.08. The van der Waals surface area contributed by atoms with E-state index >= 15 is 0 Å². The van der Waals surface area contributed by atoms with Crippen LogP contribution in [0.15, 0.2) is 70.9 Å². The zero-order chi connectivity index (χ0) is 35.2. The van der Waals surface area contributed by atoms with Crippen molar-refractivity contribution in [3.63, 3.8) is 0 Å². The van der Waals surface area contributed by atoms with Crippen LogP contribution in [0.2, 0.25) is 0 Å². The number of aliphatic hydroxyl groups excluding tert-OH is 1. The van der Waals surface area contributed by atoms with Gasteiger partial charge < -0.3 is 25.7 Å². The predicted molar refractivity (Wildman–Crippen MR) is 182 cm³/mol. The van der Waals surface area contributed by atoms with Crippen molar-refractivity contribution in [1.29, 1.82) is 0 Å². The van der Waals surface area contributed by atoms with Crippen LogP contribution in [0.25, 0.3) is 0 Å². The quantitative estimate of drug-likeness (QED) is 0.128. The van der Waals surface area contributed by atoms with E-state index in [9.17, 15) is 38.3 Å². The number of nitrogens with one attached hydrogen (secondary N) is 2. The maximum absolute atomic E-state index is 14.2. The van der Waals surface area contributed by atoms with Crippen LogP contribution in [-0.4, -0.2) is 82.5 Å². The van der Waals surface area contributed by atoms with E-state index in [-0.39, 0.29) is 60.1 Å². The predicted octanol–water partition coefficient (Wildman–Crippen LogP) is 3.96. The van der Waals surface area contributed by atoms with Crippen molar-refractivity contribution in [1.82, 2.24) is 19.8 Å². The molecular formula is C33H43N5O8S2. The number of carbonyl (C=O) groups excluding carboxylic acids is 2. The van der Waals surface area contributed by atoms with Gasteiger partial charge in [0.25, 0.3) is 0 Å². The monoisotopic (exact) mass is 701 g/mol. The number of nitro groups is 1. The molecule has 15 heteroatoms. The second kappa shape index (κ2) is 15.9. The number of rotatable bonds is 16. The minimum atomic E-state index is -4.08. The Labute approximate surface area is 284 Å². The number of hydrogen-bond acceptors (Lipinski definition) is 9. The van der Waals surface area contributed by atoms with Gasteiger partial charge in [-0.15, -0.1) is 0 Å². The molecule has 0 aliphatic carbocycles. The number of thiophene rings is 1. The molecule has 0 radical (unpaired) electrons. The van der Waals surface area contributed by atoms with Crippen molar-refractivity contribution in [2.24, 2.45) is 17.8 Å². The second-order valence-corrected chi connectivity index (χ2v) is 15.6. The molecule has 1 aromatic heterocycles. The SMILES string of the molecule is CC(C)CN(C[C@@H](O)[C@H](Cc1ccccc1)NC(=O)[C@@H](C(C)C)C1CNC(=O)N1Cc1csc([N+](=O)[O-])c1)S(=O)(=O)c1ccc(O)cc1. The maximum Gasteiger partial charge on any atom is 0.324 e. The smallest absolute Gasteiger partial charge is 0.324 e. The first-order valence-corrected chi connectivity index (χ1v) is 18.1. The van der Waals surface area contributed by atoms with Crippen molar-refractivity contribution in [3.05, 3.63) is 87.3 Å². The van der Waals surface area contributed by atoms with Gasteiger partial charge in [0.05, 0.1) is 33.9 Å². The molecule has 1 saturated heterocycles. The third kappa shape index (κ3) is 9.09. The van der Waals surface area contributed by atoms with E-state index in [1.807, 2.05) is 58.0 Å². The van der Waals surface area contributed by atoms with Gasteiger partial charge >= 0.3 is 11.0 Å². The van der Waals surface area contributed by atoms with Crippen molar-refractivity contribution < 1.29 is 33.1 Å². The van der Waals surface area contributed by atoms with Crippen LogP contribution in [0, 0.1) is 27.9 Å². The topological polar surface area (TPSA) is 182 Å². The van der Waals surface area contributed by atoms with E-state index in [1.54, 1.807) is 5.38 Å². The number of nitrogens with zero attached hydrogens (tertiary/aromatic N) is 3. The van der Waals surface area contributed by atoms with Gasteiger partial charge in [0.2, 0.25) is 15.9 Å². The summed E-state index contributed by atoms with van der Waals surface area (Å²) in [6.45, 7) is 7.49. The van der Waals surface area contributed by atoms with E-state index in [4.69, 9.17) is 0 Å². The van der Waals surface area contributed by atoms with Crippen LogP contribution < -0.4 is 10.6 Å². The number of sulfonamides is 1. The molecule has 0 saturated carbocycles. The number of amides is 3. The summed E-state index contributed by atoms with van der Waals surface area (Å²) in [5, 5.41) is 40.0. The van der Waals surface area contributed by atoms with Gasteiger partial charge in [-0.2, -0.15) is 4.31 Å². The van der Waals surface area contributed by atoms with Crippen LogP contribution in [0.4, 0.5) is 9.80 Å². The van der Waals surface area contributed by atoms with Crippen molar-refractivity contribution in [3.8, 4) is 5.75 Å². The van der Waals surface area contributed by atoms with Gasteiger partial charge in [-0.05, 0) is 53.6 Å².